The summed E-state index contributed by atoms with van der Waals surface area (Å²) in [5.74, 6) is -0.0951. The summed E-state index contributed by atoms with van der Waals surface area (Å²) >= 11 is 1.44. The van der Waals surface area contributed by atoms with Gasteiger partial charge in [-0.25, -0.2) is 0 Å². The van der Waals surface area contributed by atoms with Gasteiger partial charge in [-0.3, -0.25) is 14.5 Å². The molecule has 1 N–H and O–H groups in total. The molecule has 1 aromatic carbocycles. The van der Waals surface area contributed by atoms with Crippen molar-refractivity contribution in [3.63, 3.8) is 0 Å². The number of carbonyl (C=O) groups excluding carboxylic acids is 2. The number of nitrogens with zero attached hydrogens (tertiary/aromatic N) is 3. The van der Waals surface area contributed by atoms with Gasteiger partial charge in [-0.15, -0.1) is 11.3 Å². The fourth-order valence-electron chi connectivity index (χ4n) is 4.27. The second-order valence-electron chi connectivity index (χ2n) is 8.10. The van der Waals surface area contributed by atoms with Gasteiger partial charge in [0.05, 0.1) is 18.4 Å². The van der Waals surface area contributed by atoms with Gasteiger partial charge < -0.3 is 19.5 Å². The van der Waals surface area contributed by atoms with Crippen LogP contribution in [0, 0.1) is 0 Å². The Hall–Kier alpha value is -3.36. The Morgan fingerprint density at radius 1 is 0.970 bits per heavy atom. The number of anilines is 2. The van der Waals surface area contributed by atoms with Crippen molar-refractivity contribution in [3.05, 3.63) is 76.5 Å². The van der Waals surface area contributed by atoms with Crippen LogP contribution in [-0.2, 0) is 16.1 Å². The summed E-state index contributed by atoms with van der Waals surface area (Å²) in [4.78, 5) is 33.3. The van der Waals surface area contributed by atoms with E-state index in [1.165, 1.54) is 22.5 Å². The molecule has 3 aromatic rings. The van der Waals surface area contributed by atoms with Crippen molar-refractivity contribution in [2.45, 2.75) is 13.5 Å². The molecular formula is C25H26N4O3S. The summed E-state index contributed by atoms with van der Waals surface area (Å²) in [6.45, 7) is 7.52. The molecule has 8 heteroatoms. The Morgan fingerprint density at radius 2 is 1.76 bits per heavy atom. The van der Waals surface area contributed by atoms with Crippen LogP contribution in [-0.4, -0.2) is 54.3 Å². The number of furan rings is 1. The van der Waals surface area contributed by atoms with Crippen LogP contribution in [0.15, 0.2) is 70.3 Å². The second-order valence-corrected chi connectivity index (χ2v) is 9.04. The van der Waals surface area contributed by atoms with Crippen molar-refractivity contribution in [1.29, 1.82) is 0 Å². The Kier molecular flexibility index (Phi) is 6.02. The van der Waals surface area contributed by atoms with Crippen molar-refractivity contribution in [1.82, 2.24) is 9.80 Å². The first-order valence-corrected chi connectivity index (χ1v) is 12.0. The van der Waals surface area contributed by atoms with Gasteiger partial charge in [0, 0.05) is 42.4 Å². The number of amides is 2. The minimum absolute atomic E-state index is 0.105. The number of benzene rings is 1. The van der Waals surface area contributed by atoms with E-state index < -0.39 is 0 Å². The van der Waals surface area contributed by atoms with Gasteiger partial charge >= 0.3 is 0 Å². The Bertz CT molecular complexity index is 1150. The van der Waals surface area contributed by atoms with Crippen molar-refractivity contribution < 1.29 is 14.0 Å². The number of likely N-dealkylation sites (N-methyl/N-ethyl adjacent to an activating group) is 1. The highest BCUT2D eigenvalue weighted by Crippen LogP contribution is 2.34. The normalized spacial score (nSPS) is 17.4. The molecule has 0 saturated carbocycles. The molecule has 0 radical (unpaired) electrons. The van der Waals surface area contributed by atoms with Crippen LogP contribution in [0.3, 0.4) is 0 Å². The zero-order valence-corrected chi connectivity index (χ0v) is 19.3. The van der Waals surface area contributed by atoms with Crippen molar-refractivity contribution in [2.75, 3.05) is 42.9 Å². The molecule has 7 nitrogen and oxygen atoms in total. The summed E-state index contributed by atoms with van der Waals surface area (Å²) in [6.07, 6.45) is 1.54. The molecule has 5 rings (SSSR count). The molecule has 2 aliphatic rings. The molecule has 2 aromatic heterocycles. The monoisotopic (exact) mass is 462 g/mol. The smallest absolute Gasteiger partial charge is 0.278 e. The van der Waals surface area contributed by atoms with Crippen LogP contribution in [0.4, 0.5) is 11.4 Å². The predicted octanol–water partition coefficient (Wildman–Crippen LogP) is 3.88. The average molecular weight is 463 g/mol. The summed E-state index contributed by atoms with van der Waals surface area (Å²) in [6, 6.07) is 15.3. The largest absolute Gasteiger partial charge is 0.467 e. The van der Waals surface area contributed by atoms with E-state index in [0.717, 1.165) is 49.0 Å². The molecule has 4 heterocycles. The van der Waals surface area contributed by atoms with Gasteiger partial charge in [-0.05, 0) is 54.4 Å². The standard InChI is InChI=1S/C25H26N4O3S/c1-2-27-11-13-28(14-12-27)19-9-7-18(8-10-19)26-23-22(21-6-4-16-33-21)24(30)29(25(23)31)17-20-5-3-15-32-20/h3-10,15-16,26H,2,11-14,17H2,1H3. The molecule has 0 aliphatic carbocycles. The van der Waals surface area contributed by atoms with Crippen LogP contribution in [0.25, 0.3) is 5.57 Å². The lowest BCUT2D eigenvalue weighted by Crippen LogP contribution is -2.46. The van der Waals surface area contributed by atoms with Crippen LogP contribution in [0.1, 0.15) is 17.6 Å². The van der Waals surface area contributed by atoms with Crippen LogP contribution in [0.5, 0.6) is 0 Å². The molecule has 0 unspecified atom stereocenters. The van der Waals surface area contributed by atoms with E-state index in [9.17, 15) is 9.59 Å². The minimum Gasteiger partial charge on any atom is -0.467 e. The van der Waals surface area contributed by atoms with Crippen molar-refractivity contribution >= 4 is 40.1 Å². The third kappa shape index (κ3) is 4.31. The lowest BCUT2D eigenvalue weighted by atomic mass is 10.1. The third-order valence-corrected chi connectivity index (χ3v) is 7.04. The zero-order valence-electron chi connectivity index (χ0n) is 18.5. The van der Waals surface area contributed by atoms with Crippen molar-refractivity contribution in [3.8, 4) is 0 Å². The van der Waals surface area contributed by atoms with E-state index in [0.29, 0.717) is 17.0 Å². The van der Waals surface area contributed by atoms with E-state index in [4.69, 9.17) is 4.42 Å². The molecule has 1 fully saturated rings. The number of imide groups is 1. The van der Waals surface area contributed by atoms with E-state index in [1.54, 1.807) is 12.1 Å². The maximum absolute atomic E-state index is 13.3. The predicted molar refractivity (Wildman–Crippen MR) is 130 cm³/mol. The molecule has 0 atom stereocenters. The van der Waals surface area contributed by atoms with E-state index in [-0.39, 0.29) is 18.4 Å². The maximum Gasteiger partial charge on any atom is 0.278 e. The summed E-state index contributed by atoms with van der Waals surface area (Å²) < 4.78 is 5.37. The van der Waals surface area contributed by atoms with Crippen LogP contribution >= 0.6 is 11.3 Å². The first kappa shape index (κ1) is 21.5. The topological polar surface area (TPSA) is 69.0 Å². The highest BCUT2D eigenvalue weighted by molar-refractivity contribution is 7.11. The second kappa shape index (κ2) is 9.25. The fraction of sp³-hybridized carbons (Fsp3) is 0.280. The highest BCUT2D eigenvalue weighted by Gasteiger charge is 2.40. The Labute approximate surface area is 196 Å². The summed E-state index contributed by atoms with van der Waals surface area (Å²) in [7, 11) is 0. The minimum atomic E-state index is -0.348. The van der Waals surface area contributed by atoms with Gasteiger partial charge in [0.2, 0.25) is 0 Å². The first-order valence-electron chi connectivity index (χ1n) is 11.1. The molecule has 170 valence electrons. The van der Waals surface area contributed by atoms with Crippen LogP contribution in [0.2, 0.25) is 0 Å². The zero-order chi connectivity index (χ0) is 22.8. The quantitative estimate of drug-likeness (QED) is 0.538. The number of hydrogen-bond donors (Lipinski definition) is 1. The van der Waals surface area contributed by atoms with E-state index in [1.807, 2.05) is 29.6 Å². The molecular weight excluding hydrogens is 436 g/mol. The van der Waals surface area contributed by atoms with Gasteiger partial charge in [0.25, 0.3) is 11.8 Å². The van der Waals surface area contributed by atoms with E-state index in [2.05, 4.69) is 34.2 Å². The molecule has 2 amide bonds. The van der Waals surface area contributed by atoms with Crippen molar-refractivity contribution in [2.24, 2.45) is 0 Å². The van der Waals surface area contributed by atoms with Gasteiger partial charge in [0.15, 0.2) is 0 Å². The fourth-order valence-corrected chi connectivity index (χ4v) is 5.03. The molecule has 0 spiro atoms. The lowest BCUT2D eigenvalue weighted by Gasteiger charge is -2.35. The number of nitrogens with one attached hydrogen (secondary N) is 1. The summed E-state index contributed by atoms with van der Waals surface area (Å²) in [5, 5.41) is 5.13. The molecule has 1 saturated heterocycles. The molecule has 33 heavy (non-hydrogen) atoms. The average Bonchev–Trinajstić information content (AvgIpc) is 3.60. The number of rotatable bonds is 7. The number of hydrogen-bond acceptors (Lipinski definition) is 7. The number of carbonyl (C=O) groups is 2. The maximum atomic E-state index is 13.3. The SMILES string of the molecule is CCN1CCN(c2ccc(NC3=C(c4cccs4)C(=O)N(Cc4ccco4)C3=O)cc2)CC1. The Morgan fingerprint density at radius 3 is 2.39 bits per heavy atom. The number of thiophene rings is 1. The number of piperazine rings is 1. The van der Waals surface area contributed by atoms with E-state index >= 15 is 0 Å². The first-order chi connectivity index (χ1) is 16.1. The Balaban J connectivity index is 1.37. The van der Waals surface area contributed by atoms with Gasteiger partial charge in [0.1, 0.15) is 11.5 Å². The molecule has 2 aliphatic heterocycles. The lowest BCUT2D eigenvalue weighted by molar-refractivity contribution is -0.137. The van der Waals surface area contributed by atoms with Gasteiger partial charge in [-0.2, -0.15) is 0 Å². The summed E-state index contributed by atoms with van der Waals surface area (Å²) in [5.41, 5.74) is 2.65. The highest BCUT2D eigenvalue weighted by atomic mass is 32.1. The third-order valence-electron chi connectivity index (χ3n) is 6.15. The van der Waals surface area contributed by atoms with Gasteiger partial charge in [-0.1, -0.05) is 13.0 Å². The van der Waals surface area contributed by atoms with Crippen LogP contribution < -0.4 is 10.2 Å². The molecule has 0 bridgehead atoms.